The fourth-order valence-electron chi connectivity index (χ4n) is 3.60. The fourth-order valence-corrected chi connectivity index (χ4v) is 4.71. The highest BCUT2D eigenvalue weighted by Gasteiger charge is 2.42. The van der Waals surface area contributed by atoms with E-state index in [4.69, 9.17) is 9.73 Å². The van der Waals surface area contributed by atoms with Crippen LogP contribution in [0.25, 0.3) is 6.08 Å². The molecule has 4 heterocycles. The van der Waals surface area contributed by atoms with E-state index in [1.807, 2.05) is 54.9 Å². The van der Waals surface area contributed by atoms with Gasteiger partial charge in [-0.2, -0.15) is 5.10 Å². The van der Waals surface area contributed by atoms with Crippen molar-refractivity contribution in [2.75, 3.05) is 0 Å². The normalized spacial score (nSPS) is 24.2. The minimum absolute atomic E-state index is 0.00583. The molecule has 2 aromatic heterocycles. The average Bonchev–Trinajstić information content (AvgIpc) is 3.11. The van der Waals surface area contributed by atoms with Gasteiger partial charge in [0.1, 0.15) is 5.75 Å². The summed E-state index contributed by atoms with van der Waals surface area (Å²) in [5.41, 5.74) is 1.30. The third kappa shape index (κ3) is 2.12. The first-order valence-electron chi connectivity index (χ1n) is 8.13. The van der Waals surface area contributed by atoms with Crippen molar-refractivity contribution in [1.29, 1.82) is 0 Å². The number of aromatic nitrogens is 3. The third-order valence-electron chi connectivity index (χ3n) is 4.80. The van der Waals surface area contributed by atoms with E-state index < -0.39 is 5.72 Å². The molecule has 0 unspecified atom stereocenters. The lowest BCUT2D eigenvalue weighted by Crippen LogP contribution is -2.49. The van der Waals surface area contributed by atoms with Gasteiger partial charge in [-0.05, 0) is 25.1 Å². The highest BCUT2D eigenvalue weighted by Crippen LogP contribution is 2.42. The molecule has 0 aliphatic carbocycles. The van der Waals surface area contributed by atoms with Gasteiger partial charge in [0, 0.05) is 25.2 Å². The molecule has 5 rings (SSSR count). The Kier molecular flexibility index (Phi) is 2.88. The summed E-state index contributed by atoms with van der Waals surface area (Å²) in [7, 11) is 1.86. The minimum atomic E-state index is -0.625. The smallest absolute Gasteiger partial charge is 0.270 e. The highest BCUT2D eigenvalue weighted by molar-refractivity contribution is 7.07. The number of fused-ring (bicyclic) bond motifs is 6. The Hall–Kier alpha value is -2.67. The standard InChI is InChI=1S/C18H16N4O2S/c1-18-10-13(12-5-3-4-6-14(12)24-18)22-16(23)15(25-17(22)20-18)9-11-7-8-19-21(11)2/h3-9,13H,10H2,1-2H3/b15-9-/t13-,18-/m1/s1. The van der Waals surface area contributed by atoms with Crippen LogP contribution in [0, 0.1) is 0 Å². The lowest BCUT2D eigenvalue weighted by atomic mass is 9.93. The van der Waals surface area contributed by atoms with Crippen molar-refractivity contribution in [2.45, 2.75) is 25.1 Å². The van der Waals surface area contributed by atoms with Gasteiger partial charge in [-0.15, -0.1) is 0 Å². The Balaban J connectivity index is 1.79. The molecule has 0 fully saturated rings. The molecule has 6 nitrogen and oxygen atoms in total. The predicted molar refractivity (Wildman–Crippen MR) is 94.4 cm³/mol. The van der Waals surface area contributed by atoms with Crippen LogP contribution in [0.2, 0.25) is 0 Å². The summed E-state index contributed by atoms with van der Waals surface area (Å²) in [6, 6.07) is 9.75. The van der Waals surface area contributed by atoms with Crippen LogP contribution in [0.15, 0.2) is 46.3 Å². The molecule has 0 saturated carbocycles. The van der Waals surface area contributed by atoms with Crippen molar-refractivity contribution in [1.82, 2.24) is 14.3 Å². The van der Waals surface area contributed by atoms with Crippen LogP contribution < -0.4 is 19.6 Å². The molecule has 1 aromatic carbocycles. The molecular weight excluding hydrogens is 336 g/mol. The molecule has 3 aromatic rings. The molecule has 0 saturated heterocycles. The maximum atomic E-state index is 13.1. The number of hydrogen-bond donors (Lipinski definition) is 0. The van der Waals surface area contributed by atoms with Crippen molar-refractivity contribution in [3.05, 3.63) is 67.5 Å². The number of rotatable bonds is 1. The molecule has 0 N–H and O–H groups in total. The summed E-state index contributed by atoms with van der Waals surface area (Å²) in [6.45, 7) is 1.98. The number of benzene rings is 1. The largest absolute Gasteiger partial charge is 0.466 e. The number of hydrogen-bond acceptors (Lipinski definition) is 5. The summed E-state index contributed by atoms with van der Waals surface area (Å²) < 4.78 is 10.3. The SMILES string of the molecule is Cn1nccc1/C=c1\sc2n(c1=O)[C@@H]1C[C@](C)(N=2)Oc2ccccc21. The van der Waals surface area contributed by atoms with Crippen molar-refractivity contribution in [3.63, 3.8) is 0 Å². The van der Waals surface area contributed by atoms with E-state index in [1.54, 1.807) is 10.9 Å². The zero-order valence-electron chi connectivity index (χ0n) is 13.8. The fraction of sp³-hybridized carbons (Fsp3) is 0.278. The van der Waals surface area contributed by atoms with Gasteiger partial charge in [0.2, 0.25) is 5.72 Å². The average molecular weight is 352 g/mol. The Morgan fingerprint density at radius 3 is 3.00 bits per heavy atom. The van der Waals surface area contributed by atoms with Crippen molar-refractivity contribution in [2.24, 2.45) is 12.0 Å². The monoisotopic (exact) mass is 352 g/mol. The van der Waals surface area contributed by atoms with E-state index in [0.29, 0.717) is 15.8 Å². The van der Waals surface area contributed by atoms with Gasteiger partial charge >= 0.3 is 0 Å². The number of thiazole rings is 1. The maximum Gasteiger partial charge on any atom is 0.270 e. The van der Waals surface area contributed by atoms with E-state index in [1.165, 1.54) is 11.3 Å². The van der Waals surface area contributed by atoms with Gasteiger partial charge in [0.15, 0.2) is 4.80 Å². The van der Waals surface area contributed by atoms with Gasteiger partial charge < -0.3 is 4.74 Å². The summed E-state index contributed by atoms with van der Waals surface area (Å²) in [6.07, 6.45) is 4.26. The lowest BCUT2D eigenvalue weighted by molar-refractivity contribution is 0.0410. The molecule has 0 amide bonds. The molecule has 126 valence electrons. The van der Waals surface area contributed by atoms with E-state index in [-0.39, 0.29) is 11.6 Å². The second-order valence-corrected chi connectivity index (χ2v) is 7.60. The second kappa shape index (κ2) is 4.92. The Morgan fingerprint density at radius 2 is 2.20 bits per heavy atom. The van der Waals surface area contributed by atoms with E-state index in [0.717, 1.165) is 17.0 Å². The molecule has 7 heteroatoms. The van der Waals surface area contributed by atoms with Crippen LogP contribution in [0.5, 0.6) is 5.75 Å². The van der Waals surface area contributed by atoms with Gasteiger partial charge in [-0.1, -0.05) is 29.5 Å². The van der Waals surface area contributed by atoms with Gasteiger partial charge in [0.25, 0.3) is 5.56 Å². The van der Waals surface area contributed by atoms with Crippen molar-refractivity contribution < 1.29 is 4.74 Å². The van der Waals surface area contributed by atoms with Crippen molar-refractivity contribution >= 4 is 17.4 Å². The first-order valence-corrected chi connectivity index (χ1v) is 8.95. The molecule has 2 aliphatic heterocycles. The lowest BCUT2D eigenvalue weighted by Gasteiger charge is -2.39. The quantitative estimate of drug-likeness (QED) is 0.661. The Labute approximate surface area is 147 Å². The summed E-state index contributed by atoms with van der Waals surface area (Å²) in [5.74, 6) is 0.811. The first kappa shape index (κ1) is 14.7. The molecule has 2 bridgehead atoms. The van der Waals surface area contributed by atoms with Crippen LogP contribution in [0.4, 0.5) is 0 Å². The molecule has 2 atom stereocenters. The number of aryl methyl sites for hydroxylation is 1. The first-order chi connectivity index (χ1) is 12.0. The molecule has 0 spiro atoms. The zero-order chi connectivity index (χ0) is 17.2. The Bertz CT molecular complexity index is 1170. The second-order valence-electron chi connectivity index (χ2n) is 6.59. The maximum absolute atomic E-state index is 13.1. The van der Waals surface area contributed by atoms with Crippen molar-refractivity contribution in [3.8, 4) is 5.75 Å². The highest BCUT2D eigenvalue weighted by atomic mass is 32.1. The summed E-state index contributed by atoms with van der Waals surface area (Å²) >= 11 is 1.41. The van der Waals surface area contributed by atoms with Crippen LogP contribution in [-0.4, -0.2) is 20.1 Å². The van der Waals surface area contributed by atoms with E-state index in [9.17, 15) is 4.79 Å². The predicted octanol–water partition coefficient (Wildman–Crippen LogP) is 1.19. The van der Waals surface area contributed by atoms with Crippen LogP contribution in [0.3, 0.4) is 0 Å². The van der Waals surface area contributed by atoms with E-state index in [2.05, 4.69) is 5.10 Å². The number of para-hydroxylation sites is 1. The van der Waals surface area contributed by atoms with Gasteiger partial charge in [-0.25, -0.2) is 4.99 Å². The summed E-state index contributed by atoms with van der Waals surface area (Å²) in [4.78, 5) is 18.5. The minimum Gasteiger partial charge on any atom is -0.466 e. The molecule has 0 radical (unpaired) electrons. The topological polar surface area (TPSA) is 61.4 Å². The van der Waals surface area contributed by atoms with Gasteiger partial charge in [-0.3, -0.25) is 14.0 Å². The van der Waals surface area contributed by atoms with Gasteiger partial charge in [0.05, 0.1) is 16.3 Å². The van der Waals surface area contributed by atoms with Crippen LogP contribution in [-0.2, 0) is 7.05 Å². The zero-order valence-corrected chi connectivity index (χ0v) is 14.7. The third-order valence-corrected chi connectivity index (χ3v) is 5.78. The van der Waals surface area contributed by atoms with Crippen LogP contribution >= 0.6 is 11.3 Å². The molecule has 2 aliphatic rings. The molecule has 25 heavy (non-hydrogen) atoms. The summed E-state index contributed by atoms with van der Waals surface area (Å²) in [5, 5.41) is 4.16. The number of ether oxygens (including phenoxy) is 1. The Morgan fingerprint density at radius 1 is 1.36 bits per heavy atom. The number of nitrogens with zero attached hydrogens (tertiary/aromatic N) is 4. The van der Waals surface area contributed by atoms with E-state index >= 15 is 0 Å². The van der Waals surface area contributed by atoms with Crippen LogP contribution in [0.1, 0.15) is 30.6 Å². The molecular formula is C18H16N4O2S.